The topological polar surface area (TPSA) is 37.3 Å². The van der Waals surface area contributed by atoms with E-state index in [0.717, 1.165) is 11.1 Å². The second-order valence-corrected chi connectivity index (χ2v) is 4.50. The predicted octanol–water partition coefficient (Wildman–Crippen LogP) is 3.75. The molecule has 0 aromatic heterocycles. The molecule has 0 bridgehead atoms. The van der Waals surface area contributed by atoms with Gasteiger partial charge in [0.1, 0.15) is 0 Å². The first kappa shape index (κ1) is 12.7. The van der Waals surface area contributed by atoms with Crippen molar-refractivity contribution in [2.75, 3.05) is 0 Å². The van der Waals surface area contributed by atoms with Gasteiger partial charge in [-0.25, -0.2) is 0 Å². The van der Waals surface area contributed by atoms with Gasteiger partial charge in [-0.3, -0.25) is 4.79 Å². The van der Waals surface area contributed by atoms with Gasteiger partial charge < -0.3 is 5.11 Å². The van der Waals surface area contributed by atoms with Crippen molar-refractivity contribution in [3.8, 4) is 0 Å². The van der Waals surface area contributed by atoms with Crippen molar-refractivity contribution in [2.45, 2.75) is 12.3 Å². The van der Waals surface area contributed by atoms with E-state index in [1.165, 1.54) is 0 Å². The first-order valence-corrected chi connectivity index (χ1v) is 6.07. The highest BCUT2D eigenvalue weighted by molar-refractivity contribution is 6.31. The van der Waals surface area contributed by atoms with E-state index < -0.39 is 11.9 Å². The van der Waals surface area contributed by atoms with Gasteiger partial charge in [-0.1, -0.05) is 60.1 Å². The van der Waals surface area contributed by atoms with Crippen LogP contribution in [0.2, 0.25) is 5.02 Å². The maximum atomic E-state index is 11.4. The van der Waals surface area contributed by atoms with Gasteiger partial charge in [0.05, 0.1) is 5.92 Å². The summed E-state index contributed by atoms with van der Waals surface area (Å²) in [5.41, 5.74) is 1.65. The largest absolute Gasteiger partial charge is 0.481 e. The lowest BCUT2D eigenvalue weighted by molar-refractivity contribution is -0.138. The van der Waals surface area contributed by atoms with Crippen LogP contribution in [0.3, 0.4) is 0 Å². The predicted molar refractivity (Wildman–Crippen MR) is 72.0 cm³/mol. The van der Waals surface area contributed by atoms with Crippen molar-refractivity contribution in [3.63, 3.8) is 0 Å². The molecule has 1 atom stereocenters. The zero-order valence-electron chi connectivity index (χ0n) is 9.71. The summed E-state index contributed by atoms with van der Waals surface area (Å²) in [5, 5.41) is 9.95. The summed E-state index contributed by atoms with van der Waals surface area (Å²) in [4.78, 5) is 11.4. The summed E-state index contributed by atoms with van der Waals surface area (Å²) >= 11 is 6.07. The van der Waals surface area contributed by atoms with Crippen molar-refractivity contribution in [3.05, 3.63) is 70.7 Å². The van der Waals surface area contributed by atoms with E-state index in [4.69, 9.17) is 11.6 Å². The second kappa shape index (κ2) is 5.69. The normalized spacial score (nSPS) is 12.1. The first-order valence-electron chi connectivity index (χ1n) is 5.69. The molecule has 0 aliphatic rings. The van der Waals surface area contributed by atoms with Crippen LogP contribution in [0.1, 0.15) is 17.0 Å². The maximum Gasteiger partial charge on any atom is 0.311 e. The molecule has 1 N–H and O–H groups in total. The molecule has 0 saturated heterocycles. The molecule has 0 spiro atoms. The number of hydrogen-bond acceptors (Lipinski definition) is 1. The molecule has 2 nitrogen and oxygen atoms in total. The van der Waals surface area contributed by atoms with Gasteiger partial charge in [0.15, 0.2) is 0 Å². The molecule has 2 rings (SSSR count). The lowest BCUT2D eigenvalue weighted by Crippen LogP contribution is -2.14. The first-order chi connectivity index (χ1) is 8.68. The Labute approximate surface area is 111 Å². The quantitative estimate of drug-likeness (QED) is 0.909. The molecule has 0 aliphatic carbocycles. The van der Waals surface area contributed by atoms with Crippen molar-refractivity contribution in [1.82, 2.24) is 0 Å². The van der Waals surface area contributed by atoms with Crippen LogP contribution in [0.15, 0.2) is 54.6 Å². The minimum Gasteiger partial charge on any atom is -0.481 e. The van der Waals surface area contributed by atoms with Gasteiger partial charge in [0.2, 0.25) is 0 Å². The highest BCUT2D eigenvalue weighted by Gasteiger charge is 2.20. The van der Waals surface area contributed by atoms with E-state index in [1.54, 1.807) is 6.07 Å². The number of carboxylic acids is 1. The van der Waals surface area contributed by atoms with Gasteiger partial charge in [-0.15, -0.1) is 0 Å². The average Bonchev–Trinajstić information content (AvgIpc) is 2.38. The summed E-state index contributed by atoms with van der Waals surface area (Å²) in [6.07, 6.45) is 0.402. The van der Waals surface area contributed by atoms with Gasteiger partial charge in [-0.2, -0.15) is 0 Å². The average molecular weight is 261 g/mol. The van der Waals surface area contributed by atoms with Crippen LogP contribution in [-0.4, -0.2) is 11.1 Å². The van der Waals surface area contributed by atoms with Crippen LogP contribution in [0.25, 0.3) is 0 Å². The Morgan fingerprint density at radius 3 is 2.28 bits per heavy atom. The molecule has 0 unspecified atom stereocenters. The number of carboxylic acid groups (broad SMARTS) is 1. The molecular weight excluding hydrogens is 248 g/mol. The lowest BCUT2D eigenvalue weighted by Gasteiger charge is -2.13. The minimum absolute atomic E-state index is 0.402. The van der Waals surface area contributed by atoms with Gasteiger partial charge in [0.25, 0.3) is 0 Å². The van der Waals surface area contributed by atoms with Gasteiger partial charge in [0, 0.05) is 5.02 Å². The van der Waals surface area contributed by atoms with Crippen molar-refractivity contribution < 1.29 is 9.90 Å². The minimum atomic E-state index is -0.832. The maximum absolute atomic E-state index is 11.4. The highest BCUT2D eigenvalue weighted by atomic mass is 35.5. The van der Waals surface area contributed by atoms with Crippen molar-refractivity contribution in [1.29, 1.82) is 0 Å². The molecule has 0 radical (unpaired) electrons. The third-order valence-electron chi connectivity index (χ3n) is 2.88. The molecule has 2 aromatic rings. The monoisotopic (exact) mass is 260 g/mol. The third kappa shape index (κ3) is 2.90. The van der Waals surface area contributed by atoms with E-state index >= 15 is 0 Å². The summed E-state index contributed by atoms with van der Waals surface area (Å²) in [6.45, 7) is 0. The highest BCUT2D eigenvalue weighted by Crippen LogP contribution is 2.25. The smallest absolute Gasteiger partial charge is 0.311 e. The zero-order chi connectivity index (χ0) is 13.0. The van der Waals surface area contributed by atoms with Crippen LogP contribution < -0.4 is 0 Å². The number of benzene rings is 2. The Morgan fingerprint density at radius 2 is 1.67 bits per heavy atom. The molecule has 0 saturated carbocycles. The summed E-state index contributed by atoms with van der Waals surface area (Å²) < 4.78 is 0. The fraction of sp³-hybridized carbons (Fsp3) is 0.133. The molecule has 18 heavy (non-hydrogen) atoms. The standard InChI is InChI=1S/C15H13ClO2/c16-14-9-5-4-8-12(14)10-13(15(17)18)11-6-2-1-3-7-11/h1-9,13H,10H2,(H,17,18)/t13-/m1/s1. The van der Waals surface area contributed by atoms with Crippen LogP contribution in [0.4, 0.5) is 0 Å². The summed E-state index contributed by atoms with van der Waals surface area (Å²) in [5.74, 6) is -1.40. The molecule has 92 valence electrons. The Hall–Kier alpha value is -1.80. The van der Waals surface area contributed by atoms with Crippen molar-refractivity contribution in [2.24, 2.45) is 0 Å². The van der Waals surface area contributed by atoms with E-state index in [-0.39, 0.29) is 0 Å². The lowest BCUT2D eigenvalue weighted by atomic mass is 9.92. The Morgan fingerprint density at radius 1 is 1.06 bits per heavy atom. The van der Waals surface area contributed by atoms with E-state index in [0.29, 0.717) is 11.4 Å². The van der Waals surface area contributed by atoms with Crippen LogP contribution in [0.5, 0.6) is 0 Å². The molecule has 0 fully saturated rings. The number of hydrogen-bond donors (Lipinski definition) is 1. The van der Waals surface area contributed by atoms with E-state index in [2.05, 4.69) is 0 Å². The van der Waals surface area contributed by atoms with Crippen LogP contribution in [-0.2, 0) is 11.2 Å². The zero-order valence-corrected chi connectivity index (χ0v) is 10.5. The Kier molecular flexibility index (Phi) is 4.00. The van der Waals surface area contributed by atoms with Crippen molar-refractivity contribution >= 4 is 17.6 Å². The number of carbonyl (C=O) groups is 1. The Balaban J connectivity index is 2.28. The molecule has 0 aliphatic heterocycles. The van der Waals surface area contributed by atoms with Crippen LogP contribution in [0, 0.1) is 0 Å². The summed E-state index contributed by atoms with van der Waals surface area (Å²) in [6, 6.07) is 16.6. The molecule has 0 heterocycles. The van der Waals surface area contributed by atoms with Gasteiger partial charge >= 0.3 is 5.97 Å². The summed E-state index contributed by atoms with van der Waals surface area (Å²) in [7, 11) is 0. The number of aliphatic carboxylic acids is 1. The molecular formula is C15H13ClO2. The fourth-order valence-electron chi connectivity index (χ4n) is 1.92. The van der Waals surface area contributed by atoms with Crippen LogP contribution >= 0.6 is 11.6 Å². The fourth-order valence-corrected chi connectivity index (χ4v) is 2.13. The van der Waals surface area contributed by atoms with Gasteiger partial charge in [-0.05, 0) is 23.6 Å². The second-order valence-electron chi connectivity index (χ2n) is 4.10. The van der Waals surface area contributed by atoms with E-state index in [1.807, 2.05) is 48.5 Å². The molecule has 3 heteroatoms. The van der Waals surface area contributed by atoms with E-state index in [9.17, 15) is 9.90 Å². The third-order valence-corrected chi connectivity index (χ3v) is 3.25. The number of rotatable bonds is 4. The number of halogens is 1. The molecule has 0 amide bonds. The Bertz CT molecular complexity index is 537. The SMILES string of the molecule is O=C(O)[C@H](Cc1ccccc1Cl)c1ccccc1. The molecule has 2 aromatic carbocycles.